The van der Waals surface area contributed by atoms with E-state index in [0.717, 1.165) is 23.6 Å². The topological polar surface area (TPSA) is 49.4 Å². The SMILES string of the molecule is O=S(=O)(Cc1ccc(CNC2CC2)cc1)N1CCSCC1. The summed E-state index contributed by atoms with van der Waals surface area (Å²) in [4.78, 5) is 0. The van der Waals surface area contributed by atoms with Crippen molar-refractivity contribution in [2.75, 3.05) is 24.6 Å². The lowest BCUT2D eigenvalue weighted by molar-refractivity contribution is 0.443. The summed E-state index contributed by atoms with van der Waals surface area (Å²) >= 11 is 1.82. The number of sulfonamides is 1. The lowest BCUT2D eigenvalue weighted by atomic mass is 10.1. The van der Waals surface area contributed by atoms with Crippen molar-refractivity contribution >= 4 is 21.8 Å². The van der Waals surface area contributed by atoms with Gasteiger partial charge < -0.3 is 5.32 Å². The maximum atomic E-state index is 12.4. The van der Waals surface area contributed by atoms with E-state index < -0.39 is 10.0 Å². The molecule has 1 aromatic rings. The van der Waals surface area contributed by atoms with Crippen molar-refractivity contribution in [3.63, 3.8) is 0 Å². The van der Waals surface area contributed by atoms with Crippen molar-refractivity contribution in [3.8, 4) is 0 Å². The Morgan fingerprint density at radius 2 is 1.71 bits per heavy atom. The molecule has 0 amide bonds. The van der Waals surface area contributed by atoms with E-state index in [0.29, 0.717) is 19.1 Å². The second kappa shape index (κ2) is 6.69. The Hall–Kier alpha value is -0.560. The van der Waals surface area contributed by atoms with Gasteiger partial charge in [0, 0.05) is 37.2 Å². The number of thioether (sulfide) groups is 1. The van der Waals surface area contributed by atoms with Gasteiger partial charge in [0.1, 0.15) is 0 Å². The van der Waals surface area contributed by atoms with Crippen LogP contribution in [0, 0.1) is 0 Å². The lowest BCUT2D eigenvalue weighted by Gasteiger charge is -2.25. The third-order valence-corrected chi connectivity index (χ3v) is 6.70. The van der Waals surface area contributed by atoms with Gasteiger partial charge in [-0.15, -0.1) is 0 Å². The van der Waals surface area contributed by atoms with Gasteiger partial charge in [0.2, 0.25) is 10.0 Å². The van der Waals surface area contributed by atoms with Crippen molar-refractivity contribution in [1.29, 1.82) is 0 Å². The Labute approximate surface area is 131 Å². The highest BCUT2D eigenvalue weighted by Gasteiger charge is 2.24. The zero-order chi connectivity index (χ0) is 14.7. The zero-order valence-corrected chi connectivity index (χ0v) is 13.8. The van der Waals surface area contributed by atoms with Gasteiger partial charge in [-0.2, -0.15) is 16.1 Å². The quantitative estimate of drug-likeness (QED) is 0.866. The van der Waals surface area contributed by atoms with Crippen molar-refractivity contribution < 1.29 is 8.42 Å². The summed E-state index contributed by atoms with van der Waals surface area (Å²) in [6, 6.07) is 8.65. The Kier molecular flexibility index (Phi) is 4.88. The van der Waals surface area contributed by atoms with Crippen LogP contribution >= 0.6 is 11.8 Å². The molecule has 2 aliphatic rings. The fraction of sp³-hybridized carbons (Fsp3) is 0.600. The number of nitrogens with zero attached hydrogens (tertiary/aromatic N) is 1. The van der Waals surface area contributed by atoms with Crippen molar-refractivity contribution in [3.05, 3.63) is 35.4 Å². The van der Waals surface area contributed by atoms with Crippen LogP contribution in [0.15, 0.2) is 24.3 Å². The monoisotopic (exact) mass is 326 g/mol. The van der Waals surface area contributed by atoms with Crippen molar-refractivity contribution in [1.82, 2.24) is 9.62 Å². The maximum Gasteiger partial charge on any atom is 0.218 e. The first-order valence-corrected chi connectivity index (χ1v) is 10.3. The molecule has 1 heterocycles. The zero-order valence-electron chi connectivity index (χ0n) is 12.1. The molecule has 116 valence electrons. The van der Waals surface area contributed by atoms with Crippen LogP contribution in [-0.2, 0) is 22.3 Å². The van der Waals surface area contributed by atoms with E-state index in [1.807, 2.05) is 36.0 Å². The first kappa shape index (κ1) is 15.3. The van der Waals surface area contributed by atoms with Crippen LogP contribution in [0.1, 0.15) is 24.0 Å². The minimum Gasteiger partial charge on any atom is -0.310 e. The summed E-state index contributed by atoms with van der Waals surface area (Å²) in [6.07, 6.45) is 2.56. The molecule has 21 heavy (non-hydrogen) atoms. The van der Waals surface area contributed by atoms with Gasteiger partial charge in [-0.3, -0.25) is 0 Å². The third kappa shape index (κ3) is 4.45. The molecular formula is C15H22N2O2S2. The molecule has 0 atom stereocenters. The van der Waals surface area contributed by atoms with E-state index >= 15 is 0 Å². The molecule has 1 aromatic carbocycles. The maximum absolute atomic E-state index is 12.4. The molecule has 3 rings (SSSR count). The van der Waals surface area contributed by atoms with Gasteiger partial charge >= 0.3 is 0 Å². The van der Waals surface area contributed by atoms with Gasteiger partial charge in [0.15, 0.2) is 0 Å². The van der Waals surface area contributed by atoms with E-state index in [-0.39, 0.29) is 5.75 Å². The number of hydrogen-bond acceptors (Lipinski definition) is 4. The minimum atomic E-state index is -3.16. The molecule has 1 N–H and O–H groups in total. The molecule has 0 unspecified atom stereocenters. The normalized spacial score (nSPS) is 20.6. The van der Waals surface area contributed by atoms with Crippen molar-refractivity contribution in [2.24, 2.45) is 0 Å². The number of benzene rings is 1. The summed E-state index contributed by atoms with van der Waals surface area (Å²) in [6.45, 7) is 2.17. The van der Waals surface area contributed by atoms with E-state index in [1.165, 1.54) is 18.4 Å². The Bertz CT molecular complexity index is 562. The smallest absolute Gasteiger partial charge is 0.218 e. The molecular weight excluding hydrogens is 304 g/mol. The minimum absolute atomic E-state index is 0.119. The van der Waals surface area contributed by atoms with Gasteiger partial charge in [-0.25, -0.2) is 8.42 Å². The molecule has 0 spiro atoms. The molecule has 0 aromatic heterocycles. The van der Waals surface area contributed by atoms with Crippen LogP contribution in [0.4, 0.5) is 0 Å². The van der Waals surface area contributed by atoms with Crippen LogP contribution in [0.5, 0.6) is 0 Å². The predicted molar refractivity (Wildman–Crippen MR) is 87.8 cm³/mol. The average Bonchev–Trinajstić information content (AvgIpc) is 3.31. The second-order valence-corrected chi connectivity index (χ2v) is 8.93. The molecule has 1 aliphatic carbocycles. The van der Waals surface area contributed by atoms with Crippen LogP contribution in [0.3, 0.4) is 0 Å². The number of rotatable bonds is 6. The molecule has 0 bridgehead atoms. The van der Waals surface area contributed by atoms with Crippen LogP contribution in [0.25, 0.3) is 0 Å². The number of hydrogen-bond donors (Lipinski definition) is 1. The summed E-state index contributed by atoms with van der Waals surface area (Å²) < 4.78 is 26.4. The highest BCUT2D eigenvalue weighted by atomic mass is 32.2. The van der Waals surface area contributed by atoms with E-state index in [4.69, 9.17) is 0 Å². The van der Waals surface area contributed by atoms with Gasteiger partial charge in [0.05, 0.1) is 5.75 Å². The van der Waals surface area contributed by atoms with Gasteiger partial charge in [-0.05, 0) is 24.0 Å². The second-order valence-electron chi connectivity index (χ2n) is 5.74. The van der Waals surface area contributed by atoms with Crippen LogP contribution < -0.4 is 5.32 Å². The van der Waals surface area contributed by atoms with E-state index in [9.17, 15) is 8.42 Å². The molecule has 2 fully saturated rings. The fourth-order valence-electron chi connectivity index (χ4n) is 2.43. The molecule has 1 saturated carbocycles. The summed E-state index contributed by atoms with van der Waals surface area (Å²) in [5, 5.41) is 3.46. The molecule has 6 heteroatoms. The summed E-state index contributed by atoms with van der Waals surface area (Å²) in [7, 11) is -3.16. The van der Waals surface area contributed by atoms with Crippen molar-refractivity contribution in [2.45, 2.75) is 31.2 Å². The van der Waals surface area contributed by atoms with Gasteiger partial charge in [0.25, 0.3) is 0 Å². The van der Waals surface area contributed by atoms with Crippen LogP contribution in [-0.4, -0.2) is 43.4 Å². The van der Waals surface area contributed by atoms with Crippen LogP contribution in [0.2, 0.25) is 0 Å². The molecule has 4 nitrogen and oxygen atoms in total. The summed E-state index contributed by atoms with van der Waals surface area (Å²) in [5.74, 6) is 1.93. The Morgan fingerprint density at radius 3 is 2.33 bits per heavy atom. The first-order valence-electron chi connectivity index (χ1n) is 7.50. The number of nitrogens with one attached hydrogen (secondary N) is 1. The molecule has 1 aliphatic heterocycles. The van der Waals surface area contributed by atoms with Gasteiger partial charge in [-0.1, -0.05) is 24.3 Å². The van der Waals surface area contributed by atoms with E-state index in [1.54, 1.807) is 4.31 Å². The Morgan fingerprint density at radius 1 is 1.10 bits per heavy atom. The largest absolute Gasteiger partial charge is 0.310 e. The highest BCUT2D eigenvalue weighted by Crippen LogP contribution is 2.20. The standard InChI is InChI=1S/C15H22N2O2S2/c18-21(19,17-7-9-20-10-8-17)12-14-3-1-13(2-4-14)11-16-15-5-6-15/h1-4,15-16H,5-12H2. The predicted octanol–water partition coefficient (Wildman–Crippen LogP) is 1.82. The van der Waals surface area contributed by atoms with E-state index in [2.05, 4.69) is 5.32 Å². The molecule has 1 saturated heterocycles. The highest BCUT2D eigenvalue weighted by molar-refractivity contribution is 7.99. The first-order chi connectivity index (χ1) is 10.1. The molecule has 0 radical (unpaired) electrons. The third-order valence-electron chi connectivity index (χ3n) is 3.91. The summed E-state index contributed by atoms with van der Waals surface area (Å²) in [5.41, 5.74) is 2.10. The lowest BCUT2D eigenvalue weighted by Crippen LogP contribution is -2.38. The average molecular weight is 326 g/mol. The fourth-order valence-corrected chi connectivity index (χ4v) is 5.10. The Balaban J connectivity index is 1.58.